The van der Waals surface area contributed by atoms with E-state index in [1.165, 1.54) is 0 Å². The molecule has 0 atom stereocenters. The number of nitrogens with one attached hydrogen (secondary N) is 2. The van der Waals surface area contributed by atoms with Crippen LogP contribution in [0.2, 0.25) is 0 Å². The highest BCUT2D eigenvalue weighted by atomic mass is 15.1. The summed E-state index contributed by atoms with van der Waals surface area (Å²) in [6, 6.07) is 0. The van der Waals surface area contributed by atoms with E-state index in [0.717, 1.165) is 41.4 Å². The smallest absolute Gasteiger partial charge is 0.135 e. The van der Waals surface area contributed by atoms with Crippen LogP contribution >= 0.6 is 0 Å². The summed E-state index contributed by atoms with van der Waals surface area (Å²) in [5.74, 6) is 1.73. The maximum absolute atomic E-state index is 4.33. The normalized spacial score (nSPS) is 10.3. The molecular weight excluding hydrogens is 252 g/mol. The topological polar surface area (TPSA) is 75.6 Å². The highest BCUT2D eigenvalue weighted by molar-refractivity contribution is 5.57. The summed E-state index contributed by atoms with van der Waals surface area (Å²) in [6.45, 7) is 4.67. The standard InChI is InChI=1S/C14H20N6/c1-4-5-12-13(15-3)19-9-20-14(12)18-8-11-7-16-10(2)6-17-11/h6-7,9H,4-5,8H2,1-3H3,(H2,15,18,19,20). The van der Waals surface area contributed by atoms with Crippen molar-refractivity contribution in [2.24, 2.45) is 0 Å². The molecule has 0 spiro atoms. The molecule has 2 rings (SSSR count). The van der Waals surface area contributed by atoms with Crippen LogP contribution in [-0.2, 0) is 13.0 Å². The van der Waals surface area contributed by atoms with E-state index in [-0.39, 0.29) is 0 Å². The fourth-order valence-electron chi connectivity index (χ4n) is 1.95. The highest BCUT2D eigenvalue weighted by Crippen LogP contribution is 2.21. The maximum Gasteiger partial charge on any atom is 0.135 e. The summed E-state index contributed by atoms with van der Waals surface area (Å²) >= 11 is 0. The van der Waals surface area contributed by atoms with Crippen molar-refractivity contribution in [1.82, 2.24) is 19.9 Å². The van der Waals surface area contributed by atoms with Crippen LogP contribution in [0.25, 0.3) is 0 Å². The minimum atomic E-state index is 0.601. The van der Waals surface area contributed by atoms with Gasteiger partial charge in [0.15, 0.2) is 0 Å². The Morgan fingerprint density at radius 1 is 1.05 bits per heavy atom. The van der Waals surface area contributed by atoms with Gasteiger partial charge < -0.3 is 10.6 Å². The van der Waals surface area contributed by atoms with Gasteiger partial charge in [-0.15, -0.1) is 0 Å². The van der Waals surface area contributed by atoms with Gasteiger partial charge in [0.05, 0.1) is 24.1 Å². The first-order valence-electron chi connectivity index (χ1n) is 6.77. The zero-order valence-corrected chi connectivity index (χ0v) is 12.1. The fourth-order valence-corrected chi connectivity index (χ4v) is 1.95. The zero-order valence-electron chi connectivity index (χ0n) is 12.1. The molecule has 2 aromatic heterocycles. The van der Waals surface area contributed by atoms with Crippen LogP contribution in [0.15, 0.2) is 18.7 Å². The van der Waals surface area contributed by atoms with Gasteiger partial charge in [-0.05, 0) is 13.3 Å². The van der Waals surface area contributed by atoms with Crippen LogP contribution < -0.4 is 10.6 Å². The number of aromatic nitrogens is 4. The molecule has 6 heteroatoms. The van der Waals surface area contributed by atoms with Crippen molar-refractivity contribution in [1.29, 1.82) is 0 Å². The van der Waals surface area contributed by atoms with Gasteiger partial charge in [-0.2, -0.15) is 0 Å². The number of nitrogens with zero attached hydrogens (tertiary/aromatic N) is 4. The van der Waals surface area contributed by atoms with Crippen molar-refractivity contribution in [3.05, 3.63) is 35.7 Å². The number of hydrogen-bond acceptors (Lipinski definition) is 6. The molecule has 0 aliphatic carbocycles. The lowest BCUT2D eigenvalue weighted by atomic mass is 10.1. The Morgan fingerprint density at radius 2 is 1.85 bits per heavy atom. The summed E-state index contributed by atoms with van der Waals surface area (Å²) in [6.07, 6.45) is 7.08. The molecule has 0 bridgehead atoms. The van der Waals surface area contributed by atoms with Crippen molar-refractivity contribution < 1.29 is 0 Å². The zero-order chi connectivity index (χ0) is 14.4. The van der Waals surface area contributed by atoms with Crippen molar-refractivity contribution in [3.63, 3.8) is 0 Å². The summed E-state index contributed by atoms with van der Waals surface area (Å²) in [5, 5.41) is 6.42. The van der Waals surface area contributed by atoms with E-state index in [4.69, 9.17) is 0 Å². The lowest BCUT2D eigenvalue weighted by molar-refractivity contribution is 0.893. The largest absolute Gasteiger partial charge is 0.373 e. The van der Waals surface area contributed by atoms with Crippen molar-refractivity contribution >= 4 is 11.6 Å². The molecule has 0 aromatic carbocycles. The summed E-state index contributed by atoms with van der Waals surface area (Å²) in [7, 11) is 1.87. The van der Waals surface area contributed by atoms with Gasteiger partial charge in [0.1, 0.15) is 18.0 Å². The summed E-state index contributed by atoms with van der Waals surface area (Å²) < 4.78 is 0. The van der Waals surface area contributed by atoms with Gasteiger partial charge in [0.25, 0.3) is 0 Å². The second-order valence-electron chi connectivity index (χ2n) is 4.55. The molecule has 20 heavy (non-hydrogen) atoms. The van der Waals surface area contributed by atoms with E-state index in [9.17, 15) is 0 Å². The second-order valence-corrected chi connectivity index (χ2v) is 4.55. The number of hydrogen-bond donors (Lipinski definition) is 2. The molecule has 6 nitrogen and oxygen atoms in total. The molecule has 0 radical (unpaired) electrons. The molecule has 106 valence electrons. The molecule has 0 aliphatic heterocycles. The number of rotatable bonds is 6. The Kier molecular flexibility index (Phi) is 4.81. The molecule has 0 unspecified atom stereocenters. The Balaban J connectivity index is 2.14. The predicted molar refractivity (Wildman–Crippen MR) is 79.7 cm³/mol. The first-order chi connectivity index (χ1) is 9.74. The number of aryl methyl sites for hydroxylation is 1. The van der Waals surface area contributed by atoms with Crippen molar-refractivity contribution in [2.75, 3.05) is 17.7 Å². The third-order valence-corrected chi connectivity index (χ3v) is 2.95. The van der Waals surface area contributed by atoms with Crippen LogP contribution in [0.1, 0.15) is 30.3 Å². The molecule has 0 saturated heterocycles. The van der Waals surface area contributed by atoms with Gasteiger partial charge in [0, 0.05) is 18.8 Å². The summed E-state index contributed by atoms with van der Waals surface area (Å²) in [4.78, 5) is 17.1. The number of anilines is 2. The lowest BCUT2D eigenvalue weighted by Crippen LogP contribution is -2.09. The van der Waals surface area contributed by atoms with Gasteiger partial charge >= 0.3 is 0 Å². The molecule has 0 aliphatic rings. The van der Waals surface area contributed by atoms with Gasteiger partial charge in [-0.1, -0.05) is 13.3 Å². The summed E-state index contributed by atoms with van der Waals surface area (Å²) in [5.41, 5.74) is 2.92. The van der Waals surface area contributed by atoms with Crippen molar-refractivity contribution in [2.45, 2.75) is 33.2 Å². The van der Waals surface area contributed by atoms with Crippen LogP contribution in [0, 0.1) is 6.92 Å². The van der Waals surface area contributed by atoms with E-state index in [2.05, 4.69) is 37.5 Å². The van der Waals surface area contributed by atoms with Gasteiger partial charge in [-0.25, -0.2) is 9.97 Å². The molecule has 0 saturated carbocycles. The average molecular weight is 272 g/mol. The van der Waals surface area contributed by atoms with Crippen LogP contribution in [0.5, 0.6) is 0 Å². The Labute approximate surface area is 119 Å². The Morgan fingerprint density at radius 3 is 2.50 bits per heavy atom. The fraction of sp³-hybridized carbons (Fsp3) is 0.429. The SMILES string of the molecule is CCCc1c(NC)ncnc1NCc1cnc(C)cn1. The van der Waals surface area contributed by atoms with E-state index in [1.807, 2.05) is 14.0 Å². The predicted octanol–water partition coefficient (Wildman–Crippen LogP) is 2.18. The van der Waals surface area contributed by atoms with Gasteiger partial charge in [0.2, 0.25) is 0 Å². The van der Waals surface area contributed by atoms with Crippen LogP contribution in [0.4, 0.5) is 11.6 Å². The third-order valence-electron chi connectivity index (χ3n) is 2.95. The van der Waals surface area contributed by atoms with E-state index >= 15 is 0 Å². The quantitative estimate of drug-likeness (QED) is 0.839. The monoisotopic (exact) mass is 272 g/mol. The highest BCUT2D eigenvalue weighted by Gasteiger charge is 2.09. The average Bonchev–Trinajstić information content (AvgIpc) is 2.48. The van der Waals surface area contributed by atoms with Crippen LogP contribution in [-0.4, -0.2) is 27.0 Å². The van der Waals surface area contributed by atoms with E-state index in [0.29, 0.717) is 6.54 Å². The second kappa shape index (κ2) is 6.79. The molecule has 2 N–H and O–H groups in total. The van der Waals surface area contributed by atoms with Gasteiger partial charge in [-0.3, -0.25) is 9.97 Å². The first kappa shape index (κ1) is 14.2. The molecule has 0 fully saturated rings. The van der Waals surface area contributed by atoms with E-state index < -0.39 is 0 Å². The molecule has 2 heterocycles. The van der Waals surface area contributed by atoms with Crippen molar-refractivity contribution in [3.8, 4) is 0 Å². The Bertz CT molecular complexity index is 552. The minimum Gasteiger partial charge on any atom is -0.373 e. The Hall–Kier alpha value is -2.24. The molecular formula is C14H20N6. The maximum atomic E-state index is 4.33. The first-order valence-corrected chi connectivity index (χ1v) is 6.77. The van der Waals surface area contributed by atoms with Crippen LogP contribution in [0.3, 0.4) is 0 Å². The molecule has 0 amide bonds. The minimum absolute atomic E-state index is 0.601. The lowest BCUT2D eigenvalue weighted by Gasteiger charge is -2.13. The third kappa shape index (κ3) is 3.40. The van der Waals surface area contributed by atoms with E-state index in [1.54, 1.807) is 18.7 Å². The molecule has 2 aromatic rings.